The topological polar surface area (TPSA) is 177 Å². The maximum atomic E-state index is 14.6. The number of hydrogen-bond acceptors (Lipinski definition) is 12. The summed E-state index contributed by atoms with van der Waals surface area (Å²) in [5, 5.41) is 6.84. The van der Waals surface area contributed by atoms with Crippen LogP contribution in [-0.4, -0.2) is 85.0 Å². The van der Waals surface area contributed by atoms with Gasteiger partial charge >= 0.3 is 6.18 Å². The lowest BCUT2D eigenvalue weighted by atomic mass is 10.2. The Morgan fingerprint density at radius 2 is 1.70 bits per heavy atom. The summed E-state index contributed by atoms with van der Waals surface area (Å²) in [5.74, 6) is 0.0739. The van der Waals surface area contributed by atoms with Crippen molar-refractivity contribution in [2.75, 3.05) is 49.8 Å². The maximum Gasteiger partial charge on any atom is 0.416 e. The van der Waals surface area contributed by atoms with Crippen molar-refractivity contribution in [3.05, 3.63) is 121 Å². The van der Waals surface area contributed by atoms with E-state index in [-0.39, 0.29) is 98.6 Å². The Morgan fingerprint density at radius 1 is 0.921 bits per heavy atom. The molecule has 2 amide bonds. The van der Waals surface area contributed by atoms with E-state index in [9.17, 15) is 32.3 Å². The fourth-order valence-electron chi connectivity index (χ4n) is 7.74. The SMILES string of the molecule is CCc1c(N2CCN(C(=O)c3nc4n(c(=O)c3OCc3ccccc3)CCOC4)CC2)c(=O)n2nc(-c3ccc4c(c3)OCO4)nc2n1CC(=O)Nc1ccc(C(F)(F)F)cc1Cl. The molecule has 1 fully saturated rings. The highest BCUT2D eigenvalue weighted by atomic mass is 35.5. The molecular weight excluding hydrogens is 851 g/mol. The van der Waals surface area contributed by atoms with Crippen LogP contribution >= 0.6 is 11.6 Å². The van der Waals surface area contributed by atoms with E-state index >= 15 is 0 Å². The number of carbonyl (C=O) groups is 2. The van der Waals surface area contributed by atoms with Gasteiger partial charge in [0.15, 0.2) is 23.0 Å². The van der Waals surface area contributed by atoms with Gasteiger partial charge in [0.2, 0.25) is 24.2 Å². The summed E-state index contributed by atoms with van der Waals surface area (Å²) < 4.78 is 66.7. The number of alkyl halides is 3. The summed E-state index contributed by atoms with van der Waals surface area (Å²) in [6, 6.07) is 16.9. The highest BCUT2D eigenvalue weighted by Crippen LogP contribution is 2.36. The van der Waals surface area contributed by atoms with Crippen LogP contribution in [0.5, 0.6) is 17.2 Å². The van der Waals surface area contributed by atoms with Gasteiger partial charge in [-0.05, 0) is 48.4 Å². The van der Waals surface area contributed by atoms with Crippen LogP contribution in [0.2, 0.25) is 5.02 Å². The molecule has 3 aromatic heterocycles. The lowest BCUT2D eigenvalue weighted by molar-refractivity contribution is -0.137. The molecule has 3 aliphatic heterocycles. The van der Waals surface area contributed by atoms with E-state index in [2.05, 4.69) is 15.4 Å². The predicted molar refractivity (Wildman–Crippen MR) is 220 cm³/mol. The lowest BCUT2D eigenvalue weighted by Gasteiger charge is -2.37. The zero-order chi connectivity index (χ0) is 44.0. The summed E-state index contributed by atoms with van der Waals surface area (Å²) in [5.41, 5.74) is -0.296. The molecule has 1 N–H and O–H groups in total. The molecule has 6 aromatic rings. The van der Waals surface area contributed by atoms with Crippen molar-refractivity contribution in [1.82, 2.24) is 33.6 Å². The highest BCUT2D eigenvalue weighted by molar-refractivity contribution is 6.33. The summed E-state index contributed by atoms with van der Waals surface area (Å²) in [4.78, 5) is 68.9. The van der Waals surface area contributed by atoms with E-state index in [1.54, 1.807) is 30.0 Å². The van der Waals surface area contributed by atoms with E-state index in [1.807, 2.05) is 30.3 Å². The smallest absolute Gasteiger partial charge is 0.416 e. The monoisotopic (exact) mass is 887 g/mol. The first-order valence-corrected chi connectivity index (χ1v) is 20.3. The van der Waals surface area contributed by atoms with E-state index < -0.39 is 41.2 Å². The molecule has 0 unspecified atom stereocenters. The van der Waals surface area contributed by atoms with Crippen LogP contribution in [0.4, 0.5) is 24.5 Å². The van der Waals surface area contributed by atoms with Gasteiger partial charge in [-0.15, -0.1) is 5.10 Å². The predicted octanol–water partition coefficient (Wildman–Crippen LogP) is 4.79. The van der Waals surface area contributed by atoms with Crippen LogP contribution < -0.4 is 35.5 Å². The number of benzene rings is 3. The zero-order valence-electron chi connectivity index (χ0n) is 33.5. The van der Waals surface area contributed by atoms with Crippen LogP contribution in [-0.2, 0) is 48.4 Å². The molecular formula is C42H37ClF3N9O8. The van der Waals surface area contributed by atoms with Crippen molar-refractivity contribution in [1.29, 1.82) is 0 Å². The van der Waals surface area contributed by atoms with Gasteiger partial charge < -0.3 is 38.6 Å². The third-order valence-electron chi connectivity index (χ3n) is 10.9. The second-order valence-electron chi connectivity index (χ2n) is 14.8. The summed E-state index contributed by atoms with van der Waals surface area (Å²) in [6.45, 7) is 2.57. The number of rotatable bonds is 10. The Labute approximate surface area is 360 Å². The molecule has 17 nitrogen and oxygen atoms in total. The normalized spacial score (nSPS) is 14.8. The summed E-state index contributed by atoms with van der Waals surface area (Å²) in [7, 11) is 0. The Bertz CT molecular complexity index is 2900. The molecule has 6 heterocycles. The van der Waals surface area contributed by atoms with Gasteiger partial charge in [0.1, 0.15) is 31.3 Å². The molecule has 9 rings (SSSR count). The molecule has 0 radical (unpaired) electrons. The van der Waals surface area contributed by atoms with E-state index in [0.717, 1.165) is 28.3 Å². The van der Waals surface area contributed by atoms with Gasteiger partial charge in [-0.25, -0.2) is 4.98 Å². The van der Waals surface area contributed by atoms with Gasteiger partial charge in [-0.1, -0.05) is 48.9 Å². The number of carbonyl (C=O) groups excluding carboxylic acids is 2. The average molecular weight is 888 g/mol. The fraction of sp³-hybridized carbons (Fsp3) is 0.310. The van der Waals surface area contributed by atoms with Gasteiger partial charge in [0.25, 0.3) is 17.0 Å². The molecule has 0 atom stereocenters. The first kappa shape index (κ1) is 41.4. The van der Waals surface area contributed by atoms with E-state index in [4.69, 9.17) is 35.5 Å². The third-order valence-corrected chi connectivity index (χ3v) is 11.2. The van der Waals surface area contributed by atoms with Crippen molar-refractivity contribution < 1.29 is 41.7 Å². The minimum atomic E-state index is -4.64. The van der Waals surface area contributed by atoms with Gasteiger partial charge in [-0.2, -0.15) is 22.7 Å². The number of amides is 2. The van der Waals surface area contributed by atoms with E-state index in [0.29, 0.717) is 35.2 Å². The van der Waals surface area contributed by atoms with Crippen LogP contribution in [0, 0.1) is 0 Å². The second-order valence-corrected chi connectivity index (χ2v) is 15.2. The molecule has 0 spiro atoms. The van der Waals surface area contributed by atoms with Crippen LogP contribution in [0.25, 0.3) is 17.2 Å². The quantitative estimate of drug-likeness (QED) is 0.200. The molecule has 63 heavy (non-hydrogen) atoms. The molecule has 326 valence electrons. The van der Waals surface area contributed by atoms with Gasteiger partial charge in [0, 0.05) is 31.7 Å². The van der Waals surface area contributed by atoms with Crippen molar-refractivity contribution in [3.8, 4) is 28.6 Å². The number of piperazine rings is 1. The second kappa shape index (κ2) is 16.7. The first-order chi connectivity index (χ1) is 30.4. The Kier molecular flexibility index (Phi) is 11.0. The molecule has 3 aliphatic rings. The summed E-state index contributed by atoms with van der Waals surface area (Å²) >= 11 is 6.18. The largest absolute Gasteiger partial charge is 0.481 e. The molecule has 0 aliphatic carbocycles. The standard InChI is InChI=1S/C42H37ClF3N9O8/c1-2-29-35(51-12-14-52(15-13-51)38(57)34-36(61-21-24-6-4-3-5-7-24)40(59)53-16-17-60-22-32(53)48-34)39(58)55-41(49-37(50-55)25-8-11-30-31(18-25)63-23-62-30)54(29)20-33(56)47-28-10-9-26(19-27(28)43)42(44,45)46/h3-11,18-19H,2,12-17,20-23H2,1H3,(H,47,56). The van der Waals surface area contributed by atoms with Crippen LogP contribution in [0.1, 0.15) is 40.1 Å². The van der Waals surface area contributed by atoms with E-state index in [1.165, 1.54) is 14.0 Å². The minimum Gasteiger partial charge on any atom is -0.481 e. The van der Waals surface area contributed by atoms with Gasteiger partial charge in [0.05, 0.1) is 35.1 Å². The Hall–Kier alpha value is -6.93. The maximum absolute atomic E-state index is 14.6. The Balaban J connectivity index is 1.04. The number of halogens is 4. The molecule has 1 saturated heterocycles. The highest BCUT2D eigenvalue weighted by Gasteiger charge is 2.34. The van der Waals surface area contributed by atoms with Crippen molar-refractivity contribution in [3.63, 3.8) is 0 Å². The van der Waals surface area contributed by atoms with Crippen molar-refractivity contribution in [2.24, 2.45) is 0 Å². The number of nitrogens with one attached hydrogen (secondary N) is 1. The number of nitrogens with zero attached hydrogens (tertiary/aromatic N) is 8. The van der Waals surface area contributed by atoms with Gasteiger partial charge in [-0.3, -0.25) is 23.7 Å². The number of fused-ring (bicyclic) bond motifs is 3. The number of ether oxygens (including phenoxy) is 4. The van der Waals surface area contributed by atoms with Crippen LogP contribution in [0.15, 0.2) is 76.3 Å². The van der Waals surface area contributed by atoms with Crippen molar-refractivity contribution in [2.45, 2.75) is 45.8 Å². The minimum absolute atomic E-state index is 0.0209. The zero-order valence-corrected chi connectivity index (χ0v) is 34.2. The average Bonchev–Trinajstić information content (AvgIpc) is 3.96. The third kappa shape index (κ3) is 8.02. The first-order valence-electron chi connectivity index (χ1n) is 19.9. The molecule has 0 bridgehead atoms. The number of hydrogen-bond donors (Lipinski definition) is 1. The molecule has 0 saturated carbocycles. The number of anilines is 2. The molecule has 21 heteroatoms. The fourth-order valence-corrected chi connectivity index (χ4v) is 7.97. The van der Waals surface area contributed by atoms with Crippen LogP contribution in [0.3, 0.4) is 0 Å². The summed E-state index contributed by atoms with van der Waals surface area (Å²) in [6.07, 6.45) is -4.41. The number of aromatic nitrogens is 6. The lowest BCUT2D eigenvalue weighted by Crippen LogP contribution is -2.51. The van der Waals surface area contributed by atoms with Crippen molar-refractivity contribution >= 4 is 40.6 Å². The molecule has 3 aromatic carbocycles. The Morgan fingerprint density at radius 3 is 2.44 bits per heavy atom.